The molecule has 2 nitrogen and oxygen atoms in total. The van der Waals surface area contributed by atoms with Crippen LogP contribution in [0.15, 0.2) is 11.4 Å². The molecule has 22 heavy (non-hydrogen) atoms. The van der Waals surface area contributed by atoms with E-state index < -0.39 is 0 Å². The standard InChI is InChI=1S/C19H30N2S/c1-15-9-13-22-18(15)14-21-12-11-20-10-5-8-17(20)19(21)16-6-3-2-4-7-16/h9,13,16-17,19H,2-8,10-12,14H2,1H3/t17-,19-/m0/s1. The average molecular weight is 319 g/mol. The smallest absolute Gasteiger partial charge is 0.0334 e. The van der Waals surface area contributed by atoms with Crippen molar-refractivity contribution >= 4 is 11.3 Å². The van der Waals surface area contributed by atoms with E-state index in [1.54, 1.807) is 4.88 Å². The number of hydrogen-bond acceptors (Lipinski definition) is 3. The lowest BCUT2D eigenvalue weighted by molar-refractivity contribution is -0.00333. The molecule has 0 unspecified atom stereocenters. The van der Waals surface area contributed by atoms with Crippen LogP contribution in [0.2, 0.25) is 0 Å². The van der Waals surface area contributed by atoms with Crippen molar-refractivity contribution in [3.05, 3.63) is 21.9 Å². The van der Waals surface area contributed by atoms with Crippen LogP contribution in [0.5, 0.6) is 0 Å². The van der Waals surface area contributed by atoms with Gasteiger partial charge in [0.1, 0.15) is 0 Å². The Balaban J connectivity index is 1.55. The Bertz CT molecular complexity index is 491. The lowest BCUT2D eigenvalue weighted by Crippen LogP contribution is -2.59. The molecule has 1 aromatic rings. The fourth-order valence-corrected chi connectivity index (χ4v) is 6.12. The van der Waals surface area contributed by atoms with Gasteiger partial charge in [0.15, 0.2) is 0 Å². The van der Waals surface area contributed by atoms with E-state index in [2.05, 4.69) is 28.2 Å². The molecular formula is C19H30N2S. The van der Waals surface area contributed by atoms with Gasteiger partial charge in [-0.15, -0.1) is 11.3 Å². The number of piperazine rings is 1. The van der Waals surface area contributed by atoms with E-state index in [1.165, 1.54) is 76.7 Å². The quantitative estimate of drug-likeness (QED) is 0.820. The van der Waals surface area contributed by atoms with E-state index in [0.29, 0.717) is 0 Å². The second-order valence-corrected chi connectivity index (χ2v) is 8.63. The Labute approximate surface area is 139 Å². The van der Waals surface area contributed by atoms with Crippen molar-refractivity contribution in [3.8, 4) is 0 Å². The summed E-state index contributed by atoms with van der Waals surface area (Å²) in [6.07, 6.45) is 10.3. The average Bonchev–Trinajstić information content (AvgIpc) is 3.17. The summed E-state index contributed by atoms with van der Waals surface area (Å²) in [7, 11) is 0. The summed E-state index contributed by atoms with van der Waals surface area (Å²) < 4.78 is 0. The lowest BCUT2D eigenvalue weighted by Gasteiger charge is -2.49. The van der Waals surface area contributed by atoms with Crippen molar-refractivity contribution in [3.63, 3.8) is 0 Å². The van der Waals surface area contributed by atoms with Gasteiger partial charge in [0.05, 0.1) is 0 Å². The third kappa shape index (κ3) is 2.88. The van der Waals surface area contributed by atoms with Gasteiger partial charge in [-0.3, -0.25) is 9.80 Å². The van der Waals surface area contributed by atoms with E-state index in [9.17, 15) is 0 Å². The Morgan fingerprint density at radius 1 is 1.05 bits per heavy atom. The number of aryl methyl sites for hydroxylation is 1. The van der Waals surface area contributed by atoms with E-state index in [4.69, 9.17) is 0 Å². The van der Waals surface area contributed by atoms with Crippen LogP contribution in [0, 0.1) is 12.8 Å². The van der Waals surface area contributed by atoms with Crippen molar-refractivity contribution in [2.45, 2.75) is 70.5 Å². The first kappa shape index (κ1) is 15.2. The molecular weight excluding hydrogens is 288 g/mol. The first-order valence-corrected chi connectivity index (χ1v) is 10.2. The maximum absolute atomic E-state index is 2.88. The second kappa shape index (κ2) is 6.62. The molecule has 1 saturated carbocycles. The van der Waals surface area contributed by atoms with Gasteiger partial charge in [0, 0.05) is 36.6 Å². The summed E-state index contributed by atoms with van der Waals surface area (Å²) in [6.45, 7) is 7.44. The topological polar surface area (TPSA) is 6.48 Å². The van der Waals surface area contributed by atoms with Crippen LogP contribution in [0.1, 0.15) is 55.4 Å². The number of fused-ring (bicyclic) bond motifs is 1. The zero-order valence-corrected chi connectivity index (χ0v) is 14.8. The van der Waals surface area contributed by atoms with Crippen LogP contribution in [-0.4, -0.2) is 41.5 Å². The van der Waals surface area contributed by atoms with Crippen molar-refractivity contribution in [1.29, 1.82) is 0 Å². The first-order valence-electron chi connectivity index (χ1n) is 9.34. The minimum atomic E-state index is 0.832. The highest BCUT2D eigenvalue weighted by Crippen LogP contribution is 2.38. The molecule has 0 bridgehead atoms. The summed E-state index contributed by atoms with van der Waals surface area (Å²) in [4.78, 5) is 7.30. The Morgan fingerprint density at radius 2 is 1.91 bits per heavy atom. The number of thiophene rings is 1. The zero-order valence-electron chi connectivity index (χ0n) is 14.0. The largest absolute Gasteiger partial charge is 0.298 e. The summed E-state index contributed by atoms with van der Waals surface area (Å²) in [5.41, 5.74) is 1.50. The van der Waals surface area contributed by atoms with Crippen LogP contribution in [-0.2, 0) is 6.54 Å². The molecule has 4 rings (SSSR count). The van der Waals surface area contributed by atoms with E-state index >= 15 is 0 Å². The monoisotopic (exact) mass is 318 g/mol. The molecule has 3 heterocycles. The number of hydrogen-bond donors (Lipinski definition) is 0. The van der Waals surface area contributed by atoms with Crippen molar-refractivity contribution < 1.29 is 0 Å². The molecule has 3 heteroatoms. The predicted molar refractivity (Wildman–Crippen MR) is 94.4 cm³/mol. The van der Waals surface area contributed by atoms with E-state index in [1.807, 2.05) is 11.3 Å². The van der Waals surface area contributed by atoms with E-state index in [0.717, 1.165) is 18.0 Å². The first-order chi connectivity index (χ1) is 10.8. The van der Waals surface area contributed by atoms with Gasteiger partial charge in [-0.1, -0.05) is 19.3 Å². The van der Waals surface area contributed by atoms with Gasteiger partial charge < -0.3 is 0 Å². The maximum Gasteiger partial charge on any atom is 0.0334 e. The molecule has 122 valence electrons. The molecule has 0 spiro atoms. The van der Waals surface area contributed by atoms with Gasteiger partial charge in [-0.2, -0.15) is 0 Å². The minimum Gasteiger partial charge on any atom is -0.298 e. The van der Waals surface area contributed by atoms with Crippen LogP contribution in [0.4, 0.5) is 0 Å². The molecule has 1 aliphatic carbocycles. The minimum absolute atomic E-state index is 0.832. The molecule has 2 aliphatic heterocycles. The molecule has 0 aromatic carbocycles. The van der Waals surface area contributed by atoms with Crippen LogP contribution in [0.3, 0.4) is 0 Å². The fourth-order valence-electron chi connectivity index (χ4n) is 5.19. The Hall–Kier alpha value is -0.380. The predicted octanol–water partition coefficient (Wildman–Crippen LogP) is 4.29. The molecule has 0 N–H and O–H groups in total. The van der Waals surface area contributed by atoms with Gasteiger partial charge in [0.2, 0.25) is 0 Å². The molecule has 2 saturated heterocycles. The van der Waals surface area contributed by atoms with Crippen molar-refractivity contribution in [2.75, 3.05) is 19.6 Å². The SMILES string of the molecule is Cc1ccsc1CN1CCN2CCC[C@H]2[C@@H]1C1CCCCC1. The highest BCUT2D eigenvalue weighted by Gasteiger charge is 2.42. The zero-order chi connectivity index (χ0) is 14.9. The van der Waals surface area contributed by atoms with Crippen molar-refractivity contribution in [1.82, 2.24) is 9.80 Å². The van der Waals surface area contributed by atoms with Crippen LogP contribution < -0.4 is 0 Å². The van der Waals surface area contributed by atoms with Crippen LogP contribution in [0.25, 0.3) is 0 Å². The Morgan fingerprint density at radius 3 is 2.68 bits per heavy atom. The van der Waals surface area contributed by atoms with Gasteiger partial charge in [0.25, 0.3) is 0 Å². The van der Waals surface area contributed by atoms with Crippen LogP contribution >= 0.6 is 11.3 Å². The van der Waals surface area contributed by atoms with E-state index in [-0.39, 0.29) is 0 Å². The third-order valence-electron chi connectivity index (χ3n) is 6.35. The second-order valence-electron chi connectivity index (χ2n) is 7.63. The highest BCUT2D eigenvalue weighted by molar-refractivity contribution is 7.10. The number of rotatable bonds is 3. The van der Waals surface area contributed by atoms with Gasteiger partial charge in [-0.05, 0) is 62.1 Å². The maximum atomic E-state index is 2.88. The third-order valence-corrected chi connectivity index (χ3v) is 7.36. The summed E-state index contributed by atoms with van der Waals surface area (Å²) in [5, 5.41) is 2.27. The summed E-state index contributed by atoms with van der Waals surface area (Å²) >= 11 is 1.96. The fraction of sp³-hybridized carbons (Fsp3) is 0.789. The molecule has 1 aromatic heterocycles. The molecule has 3 aliphatic rings. The molecule has 0 amide bonds. The molecule has 3 fully saturated rings. The molecule has 0 radical (unpaired) electrons. The molecule has 2 atom stereocenters. The van der Waals surface area contributed by atoms with Gasteiger partial charge in [-0.25, -0.2) is 0 Å². The highest BCUT2D eigenvalue weighted by atomic mass is 32.1. The Kier molecular flexibility index (Phi) is 4.57. The summed E-state index contributed by atoms with van der Waals surface area (Å²) in [5.74, 6) is 0.958. The number of nitrogens with zero attached hydrogens (tertiary/aromatic N) is 2. The normalized spacial score (nSPS) is 31.5. The van der Waals surface area contributed by atoms with Crippen molar-refractivity contribution in [2.24, 2.45) is 5.92 Å². The lowest BCUT2D eigenvalue weighted by atomic mass is 9.78. The summed E-state index contributed by atoms with van der Waals surface area (Å²) in [6, 6.07) is 3.98. The van der Waals surface area contributed by atoms with Gasteiger partial charge >= 0.3 is 0 Å².